The van der Waals surface area contributed by atoms with E-state index in [0.717, 1.165) is 12.5 Å². The zero-order valence-electron chi connectivity index (χ0n) is 9.58. The molecule has 2 heterocycles. The van der Waals surface area contributed by atoms with Crippen molar-refractivity contribution in [2.75, 3.05) is 11.9 Å². The molecule has 1 fully saturated rings. The summed E-state index contributed by atoms with van der Waals surface area (Å²) in [5.41, 5.74) is -0.389. The van der Waals surface area contributed by atoms with E-state index in [4.69, 9.17) is 9.84 Å². The molecule has 0 radical (unpaired) electrons. The first-order valence-electron chi connectivity index (χ1n) is 5.38. The number of hydrogen-bond acceptors (Lipinski definition) is 9. The standard InChI is InChI=1S/C9H12N4O6/c14-2-5-6(15)7(16)9(19-5)12-8-4(13(17)18)1-10-3-11-8/h1,3,5-7,9,14-16H,2H2,(H,10,11,12)/t5-,6-,7-,9-/m1/s1. The number of anilines is 1. The number of nitrogens with one attached hydrogen (secondary N) is 1. The molecule has 0 unspecified atom stereocenters. The molecule has 10 heteroatoms. The van der Waals surface area contributed by atoms with Crippen LogP contribution in [-0.2, 0) is 4.74 Å². The highest BCUT2D eigenvalue weighted by atomic mass is 16.6. The van der Waals surface area contributed by atoms with Crippen LogP contribution in [0, 0.1) is 10.1 Å². The first kappa shape index (κ1) is 13.5. The van der Waals surface area contributed by atoms with E-state index in [1.54, 1.807) is 0 Å². The van der Waals surface area contributed by atoms with Gasteiger partial charge in [-0.3, -0.25) is 10.1 Å². The molecule has 104 valence electrons. The Bertz CT molecular complexity index is 472. The summed E-state index contributed by atoms with van der Waals surface area (Å²) in [5.74, 6) is -0.144. The van der Waals surface area contributed by atoms with Crippen LogP contribution in [0.5, 0.6) is 0 Å². The number of hydrogen-bond donors (Lipinski definition) is 4. The molecule has 1 saturated heterocycles. The van der Waals surface area contributed by atoms with Crippen molar-refractivity contribution in [1.82, 2.24) is 9.97 Å². The Balaban J connectivity index is 2.16. The Labute approximate surface area is 106 Å². The number of rotatable bonds is 4. The average molecular weight is 272 g/mol. The molecule has 0 spiro atoms. The molecule has 0 saturated carbocycles. The second-order valence-electron chi connectivity index (χ2n) is 3.92. The maximum Gasteiger partial charge on any atom is 0.329 e. The summed E-state index contributed by atoms with van der Waals surface area (Å²) in [7, 11) is 0. The largest absolute Gasteiger partial charge is 0.394 e. The fourth-order valence-electron chi connectivity index (χ4n) is 1.72. The van der Waals surface area contributed by atoms with Crippen LogP contribution in [0.1, 0.15) is 0 Å². The highest BCUT2D eigenvalue weighted by molar-refractivity contribution is 5.54. The van der Waals surface area contributed by atoms with Crippen molar-refractivity contribution in [3.05, 3.63) is 22.6 Å². The van der Waals surface area contributed by atoms with Gasteiger partial charge in [0, 0.05) is 0 Å². The third kappa shape index (κ3) is 2.61. The molecule has 4 atom stereocenters. The van der Waals surface area contributed by atoms with Crippen LogP contribution in [0.4, 0.5) is 11.5 Å². The topological polar surface area (TPSA) is 151 Å². The predicted molar refractivity (Wildman–Crippen MR) is 60.1 cm³/mol. The van der Waals surface area contributed by atoms with Crippen LogP contribution in [-0.4, -0.2) is 61.4 Å². The average Bonchev–Trinajstić information content (AvgIpc) is 2.67. The first-order chi connectivity index (χ1) is 9.04. The lowest BCUT2D eigenvalue weighted by molar-refractivity contribution is -0.384. The van der Waals surface area contributed by atoms with Crippen molar-refractivity contribution in [3.8, 4) is 0 Å². The van der Waals surface area contributed by atoms with Crippen molar-refractivity contribution in [1.29, 1.82) is 0 Å². The van der Waals surface area contributed by atoms with E-state index in [2.05, 4.69) is 15.3 Å². The van der Waals surface area contributed by atoms with Gasteiger partial charge in [-0.1, -0.05) is 0 Å². The van der Waals surface area contributed by atoms with Crippen LogP contribution in [0.3, 0.4) is 0 Å². The number of aliphatic hydroxyl groups excluding tert-OH is 3. The number of nitrogens with zero attached hydrogens (tertiary/aromatic N) is 3. The Kier molecular flexibility index (Phi) is 3.85. The quantitative estimate of drug-likeness (QED) is 0.369. The molecule has 1 aliphatic rings. The minimum absolute atomic E-state index is 0.144. The fraction of sp³-hybridized carbons (Fsp3) is 0.556. The highest BCUT2D eigenvalue weighted by Crippen LogP contribution is 2.26. The molecular formula is C9H12N4O6. The third-order valence-electron chi connectivity index (χ3n) is 2.71. The van der Waals surface area contributed by atoms with E-state index in [1.807, 2.05) is 0 Å². The van der Waals surface area contributed by atoms with Gasteiger partial charge in [0.2, 0.25) is 5.82 Å². The SMILES string of the molecule is O=[N+]([O-])c1cncnc1N[C@@H]1O[C@H](CO)[C@@H](O)[C@H]1O. The van der Waals surface area contributed by atoms with Crippen molar-refractivity contribution in [2.24, 2.45) is 0 Å². The molecule has 2 rings (SSSR count). The van der Waals surface area contributed by atoms with E-state index in [-0.39, 0.29) is 11.5 Å². The van der Waals surface area contributed by atoms with Crippen LogP contribution in [0.15, 0.2) is 12.5 Å². The minimum Gasteiger partial charge on any atom is -0.394 e. The van der Waals surface area contributed by atoms with E-state index >= 15 is 0 Å². The van der Waals surface area contributed by atoms with Gasteiger partial charge in [0.05, 0.1) is 11.5 Å². The van der Waals surface area contributed by atoms with E-state index < -0.39 is 36.1 Å². The molecule has 0 aliphatic carbocycles. The number of nitro groups is 1. The van der Waals surface area contributed by atoms with Gasteiger partial charge in [-0.15, -0.1) is 0 Å². The lowest BCUT2D eigenvalue weighted by Crippen LogP contribution is -2.36. The lowest BCUT2D eigenvalue weighted by Gasteiger charge is -2.16. The maximum absolute atomic E-state index is 10.8. The summed E-state index contributed by atoms with van der Waals surface area (Å²) in [6.45, 7) is -0.484. The first-order valence-corrected chi connectivity index (χ1v) is 5.38. The van der Waals surface area contributed by atoms with Gasteiger partial charge in [-0.25, -0.2) is 9.97 Å². The van der Waals surface area contributed by atoms with Crippen LogP contribution in [0.25, 0.3) is 0 Å². The lowest BCUT2D eigenvalue weighted by atomic mass is 10.1. The number of ether oxygens (including phenoxy) is 1. The minimum atomic E-state index is -1.34. The van der Waals surface area contributed by atoms with Crippen molar-refractivity contribution < 1.29 is 25.0 Å². The number of aromatic nitrogens is 2. The molecular weight excluding hydrogens is 260 g/mol. The van der Waals surface area contributed by atoms with Gasteiger partial charge in [0.25, 0.3) is 0 Å². The molecule has 1 aromatic rings. The second-order valence-corrected chi connectivity index (χ2v) is 3.92. The van der Waals surface area contributed by atoms with E-state index in [1.165, 1.54) is 0 Å². The Morgan fingerprint density at radius 2 is 2.21 bits per heavy atom. The molecule has 1 aromatic heterocycles. The Hall–Kier alpha value is -1.88. The van der Waals surface area contributed by atoms with Gasteiger partial charge >= 0.3 is 5.69 Å². The van der Waals surface area contributed by atoms with Crippen molar-refractivity contribution in [2.45, 2.75) is 24.5 Å². The monoisotopic (exact) mass is 272 g/mol. The molecule has 0 aromatic carbocycles. The normalized spacial score (nSPS) is 30.3. The Morgan fingerprint density at radius 1 is 1.47 bits per heavy atom. The highest BCUT2D eigenvalue weighted by Gasteiger charge is 2.43. The zero-order chi connectivity index (χ0) is 14.0. The van der Waals surface area contributed by atoms with Crippen LogP contribution in [0.2, 0.25) is 0 Å². The molecule has 1 aliphatic heterocycles. The third-order valence-corrected chi connectivity index (χ3v) is 2.71. The molecule has 19 heavy (non-hydrogen) atoms. The summed E-state index contributed by atoms with van der Waals surface area (Å²) >= 11 is 0. The van der Waals surface area contributed by atoms with E-state index in [0.29, 0.717) is 0 Å². The summed E-state index contributed by atoms with van der Waals surface area (Å²) < 4.78 is 5.13. The fourth-order valence-corrected chi connectivity index (χ4v) is 1.72. The van der Waals surface area contributed by atoms with Gasteiger partial charge in [0.15, 0.2) is 6.23 Å². The summed E-state index contributed by atoms with van der Waals surface area (Å²) in [5, 5.41) is 41.4. The smallest absolute Gasteiger partial charge is 0.329 e. The molecule has 0 bridgehead atoms. The van der Waals surface area contributed by atoms with Crippen molar-refractivity contribution in [3.63, 3.8) is 0 Å². The van der Waals surface area contributed by atoms with Gasteiger partial charge < -0.3 is 25.4 Å². The maximum atomic E-state index is 10.8. The van der Waals surface area contributed by atoms with Crippen LogP contribution >= 0.6 is 0 Å². The predicted octanol–water partition coefficient (Wildman–Crippen LogP) is -1.76. The molecule has 0 amide bonds. The van der Waals surface area contributed by atoms with Gasteiger partial charge in [-0.2, -0.15) is 0 Å². The van der Waals surface area contributed by atoms with Crippen molar-refractivity contribution >= 4 is 11.5 Å². The van der Waals surface area contributed by atoms with Gasteiger partial charge in [0.1, 0.15) is 30.8 Å². The molecule has 10 nitrogen and oxygen atoms in total. The second kappa shape index (κ2) is 5.40. The summed E-state index contributed by atoms with van der Waals surface area (Å²) in [6, 6.07) is 0. The van der Waals surface area contributed by atoms with E-state index in [9.17, 15) is 20.3 Å². The van der Waals surface area contributed by atoms with Gasteiger partial charge in [-0.05, 0) is 0 Å². The zero-order valence-corrected chi connectivity index (χ0v) is 9.58. The summed E-state index contributed by atoms with van der Waals surface area (Å²) in [6.07, 6.45) is -2.61. The summed E-state index contributed by atoms with van der Waals surface area (Å²) in [4.78, 5) is 17.3. The Morgan fingerprint density at radius 3 is 2.79 bits per heavy atom. The van der Waals surface area contributed by atoms with Crippen LogP contribution < -0.4 is 5.32 Å². The number of aliphatic hydroxyl groups is 3. The molecule has 4 N–H and O–H groups in total.